The quantitative estimate of drug-likeness (QED) is 0.835. The van der Waals surface area contributed by atoms with Crippen LogP contribution in [-0.4, -0.2) is 15.5 Å². The number of anilines is 3. The lowest BCUT2D eigenvalue weighted by atomic mass is 10.3. The Morgan fingerprint density at radius 3 is 1.74 bits per heavy atom. The summed E-state index contributed by atoms with van der Waals surface area (Å²) in [5.74, 6) is 0. The van der Waals surface area contributed by atoms with E-state index in [-0.39, 0.29) is 4.90 Å². The molecule has 5 nitrogen and oxygen atoms in total. The Hall–Kier alpha value is -2.21. The minimum absolute atomic E-state index is 0.195. The molecule has 0 aromatic heterocycles. The van der Waals surface area contributed by atoms with Gasteiger partial charge in [-0.2, -0.15) is 0 Å². The molecule has 0 amide bonds. The van der Waals surface area contributed by atoms with E-state index in [2.05, 4.69) is 0 Å². The Kier molecular flexibility index (Phi) is 3.35. The number of nitrogens with zero attached hydrogens (tertiary/aromatic N) is 1. The molecule has 2 aromatic rings. The van der Waals surface area contributed by atoms with Gasteiger partial charge >= 0.3 is 0 Å². The first kappa shape index (κ1) is 13.2. The normalized spacial score (nSPS) is 11.2. The van der Waals surface area contributed by atoms with Crippen molar-refractivity contribution in [2.24, 2.45) is 0 Å². The van der Waals surface area contributed by atoms with E-state index in [1.54, 1.807) is 36.4 Å². The maximum absolute atomic E-state index is 12.4. The van der Waals surface area contributed by atoms with Gasteiger partial charge in [-0.05, 0) is 48.5 Å². The van der Waals surface area contributed by atoms with Gasteiger partial charge < -0.3 is 11.5 Å². The molecule has 100 valence electrons. The second-order valence-electron chi connectivity index (χ2n) is 4.13. The van der Waals surface area contributed by atoms with Crippen molar-refractivity contribution in [2.75, 3.05) is 22.8 Å². The largest absolute Gasteiger partial charge is 0.399 e. The Morgan fingerprint density at radius 1 is 0.842 bits per heavy atom. The molecule has 0 atom stereocenters. The zero-order chi connectivity index (χ0) is 14.0. The molecule has 2 aromatic carbocycles. The zero-order valence-electron chi connectivity index (χ0n) is 10.4. The molecule has 0 spiro atoms. The van der Waals surface area contributed by atoms with Crippen LogP contribution >= 0.6 is 0 Å². The van der Waals surface area contributed by atoms with Crippen LogP contribution in [-0.2, 0) is 10.0 Å². The number of sulfonamides is 1. The van der Waals surface area contributed by atoms with Gasteiger partial charge in [-0.1, -0.05) is 0 Å². The molecular weight excluding hydrogens is 262 g/mol. The molecule has 0 saturated carbocycles. The topological polar surface area (TPSA) is 89.4 Å². The van der Waals surface area contributed by atoms with E-state index in [9.17, 15) is 8.42 Å². The highest BCUT2D eigenvalue weighted by molar-refractivity contribution is 7.92. The van der Waals surface area contributed by atoms with Gasteiger partial charge in [0.15, 0.2) is 0 Å². The van der Waals surface area contributed by atoms with Gasteiger partial charge in [0.1, 0.15) is 0 Å². The number of nitrogen functional groups attached to an aromatic ring is 2. The lowest BCUT2D eigenvalue weighted by Crippen LogP contribution is -2.26. The number of nitrogens with two attached hydrogens (primary N) is 2. The van der Waals surface area contributed by atoms with Gasteiger partial charge in [0.05, 0.1) is 10.6 Å². The number of hydrogen-bond acceptors (Lipinski definition) is 4. The van der Waals surface area contributed by atoms with Crippen LogP contribution in [0.25, 0.3) is 0 Å². The van der Waals surface area contributed by atoms with E-state index < -0.39 is 10.0 Å². The summed E-state index contributed by atoms with van der Waals surface area (Å²) in [6.45, 7) is 0. The van der Waals surface area contributed by atoms with Gasteiger partial charge in [0.2, 0.25) is 0 Å². The Balaban J connectivity index is 2.39. The average molecular weight is 277 g/mol. The molecule has 0 fully saturated rings. The minimum Gasteiger partial charge on any atom is -0.399 e. The first-order chi connectivity index (χ1) is 8.91. The van der Waals surface area contributed by atoms with Crippen LogP contribution < -0.4 is 15.8 Å². The van der Waals surface area contributed by atoms with Crippen LogP contribution in [0.15, 0.2) is 53.4 Å². The van der Waals surface area contributed by atoms with Gasteiger partial charge in [0.25, 0.3) is 10.0 Å². The smallest absolute Gasteiger partial charge is 0.264 e. The number of rotatable bonds is 3. The Bertz CT molecular complexity index is 664. The van der Waals surface area contributed by atoms with E-state index in [1.807, 2.05) is 0 Å². The summed E-state index contributed by atoms with van der Waals surface area (Å²) < 4.78 is 26.0. The van der Waals surface area contributed by atoms with E-state index in [4.69, 9.17) is 11.5 Å². The van der Waals surface area contributed by atoms with Crippen molar-refractivity contribution in [2.45, 2.75) is 4.90 Å². The van der Waals surface area contributed by atoms with E-state index in [0.29, 0.717) is 17.1 Å². The standard InChI is InChI=1S/C13H15N3O2S/c1-16(12-6-2-10(14)3-7-12)19(17,18)13-8-4-11(15)5-9-13/h2-9H,14-15H2,1H3. The number of hydrogen-bond donors (Lipinski definition) is 2. The lowest BCUT2D eigenvalue weighted by Gasteiger charge is -2.19. The summed E-state index contributed by atoms with van der Waals surface area (Å²) in [5, 5.41) is 0. The molecule has 0 bridgehead atoms. The molecule has 0 unspecified atom stereocenters. The fourth-order valence-electron chi connectivity index (χ4n) is 1.62. The van der Waals surface area contributed by atoms with Crippen molar-refractivity contribution in [1.82, 2.24) is 0 Å². The van der Waals surface area contributed by atoms with E-state index >= 15 is 0 Å². The third kappa shape index (κ3) is 2.63. The molecule has 0 aliphatic heterocycles. The molecule has 19 heavy (non-hydrogen) atoms. The summed E-state index contributed by atoms with van der Waals surface area (Å²) in [6.07, 6.45) is 0. The van der Waals surface area contributed by atoms with Gasteiger partial charge in [-0.15, -0.1) is 0 Å². The maximum Gasteiger partial charge on any atom is 0.264 e. The maximum atomic E-state index is 12.4. The van der Waals surface area contributed by atoms with Crippen molar-refractivity contribution in [3.05, 3.63) is 48.5 Å². The van der Waals surface area contributed by atoms with E-state index in [1.165, 1.54) is 23.5 Å². The van der Waals surface area contributed by atoms with Crippen LogP contribution in [0.1, 0.15) is 0 Å². The highest BCUT2D eigenvalue weighted by Gasteiger charge is 2.20. The van der Waals surface area contributed by atoms with Crippen molar-refractivity contribution >= 4 is 27.1 Å². The Morgan fingerprint density at radius 2 is 1.26 bits per heavy atom. The first-order valence-electron chi connectivity index (χ1n) is 5.61. The van der Waals surface area contributed by atoms with E-state index in [0.717, 1.165) is 0 Å². The van der Waals surface area contributed by atoms with Crippen LogP contribution in [0, 0.1) is 0 Å². The van der Waals surface area contributed by atoms with Crippen LogP contribution in [0.3, 0.4) is 0 Å². The summed E-state index contributed by atoms with van der Waals surface area (Å²) in [5.41, 5.74) is 12.8. The third-order valence-electron chi connectivity index (χ3n) is 2.80. The SMILES string of the molecule is CN(c1ccc(N)cc1)S(=O)(=O)c1ccc(N)cc1. The first-order valence-corrected chi connectivity index (χ1v) is 7.05. The average Bonchev–Trinajstić information content (AvgIpc) is 2.39. The van der Waals surface area contributed by atoms with Crippen molar-refractivity contribution in [3.8, 4) is 0 Å². The number of benzene rings is 2. The molecule has 0 heterocycles. The molecule has 4 N–H and O–H groups in total. The summed E-state index contributed by atoms with van der Waals surface area (Å²) >= 11 is 0. The van der Waals surface area contributed by atoms with Crippen LogP contribution in [0.2, 0.25) is 0 Å². The van der Waals surface area contributed by atoms with Crippen LogP contribution in [0.5, 0.6) is 0 Å². The van der Waals surface area contributed by atoms with Gasteiger partial charge in [0, 0.05) is 18.4 Å². The highest BCUT2D eigenvalue weighted by Crippen LogP contribution is 2.23. The molecule has 0 aliphatic carbocycles. The molecular formula is C13H15N3O2S. The van der Waals surface area contributed by atoms with Gasteiger partial charge in [-0.3, -0.25) is 4.31 Å². The molecule has 6 heteroatoms. The van der Waals surface area contributed by atoms with Crippen LogP contribution in [0.4, 0.5) is 17.1 Å². The Labute approximate surface area is 112 Å². The van der Waals surface area contributed by atoms with Gasteiger partial charge in [-0.25, -0.2) is 8.42 Å². The molecule has 2 rings (SSSR count). The summed E-state index contributed by atoms with van der Waals surface area (Å²) in [7, 11) is -2.09. The third-order valence-corrected chi connectivity index (χ3v) is 4.59. The second-order valence-corrected chi connectivity index (χ2v) is 6.10. The monoisotopic (exact) mass is 277 g/mol. The predicted molar refractivity (Wildman–Crippen MR) is 77.3 cm³/mol. The summed E-state index contributed by atoms with van der Waals surface area (Å²) in [4.78, 5) is 0.195. The molecule has 0 saturated heterocycles. The molecule has 0 aliphatic rings. The van der Waals surface area contributed by atoms with Crippen molar-refractivity contribution < 1.29 is 8.42 Å². The zero-order valence-corrected chi connectivity index (χ0v) is 11.3. The molecule has 0 radical (unpaired) electrons. The fourth-order valence-corrected chi connectivity index (χ4v) is 2.82. The fraction of sp³-hybridized carbons (Fsp3) is 0.0769. The lowest BCUT2D eigenvalue weighted by molar-refractivity contribution is 0.594. The highest BCUT2D eigenvalue weighted by atomic mass is 32.2. The second kappa shape index (κ2) is 4.81. The minimum atomic E-state index is -3.58. The van der Waals surface area contributed by atoms with Crippen molar-refractivity contribution in [3.63, 3.8) is 0 Å². The predicted octanol–water partition coefficient (Wildman–Crippen LogP) is 1.68. The van der Waals surface area contributed by atoms with Crippen molar-refractivity contribution in [1.29, 1.82) is 0 Å². The summed E-state index contributed by atoms with van der Waals surface area (Å²) in [6, 6.07) is 12.7.